The zero-order valence-electron chi connectivity index (χ0n) is 12.8. The minimum Gasteiger partial charge on any atom is -0.374 e. The fraction of sp³-hybridized carbons (Fsp3) is 1.00. The van der Waals surface area contributed by atoms with E-state index in [0.29, 0.717) is 12.1 Å². The van der Waals surface area contributed by atoms with Gasteiger partial charge in [-0.25, -0.2) is 0 Å². The molecule has 2 rings (SSSR count). The van der Waals surface area contributed by atoms with Crippen LogP contribution in [-0.4, -0.2) is 67.8 Å². The molecule has 0 radical (unpaired) electrons. The SMILES string of the molecule is CC1CN(CC2CN(C(C)C)CCO2)CCC1CN. The Morgan fingerprint density at radius 2 is 2.05 bits per heavy atom. The van der Waals surface area contributed by atoms with Crippen LogP contribution in [0.5, 0.6) is 0 Å². The van der Waals surface area contributed by atoms with E-state index >= 15 is 0 Å². The molecular formula is C15H31N3O. The average Bonchev–Trinajstić information content (AvgIpc) is 2.39. The topological polar surface area (TPSA) is 41.7 Å². The van der Waals surface area contributed by atoms with Crippen molar-refractivity contribution in [2.45, 2.75) is 39.3 Å². The number of morpholine rings is 1. The quantitative estimate of drug-likeness (QED) is 0.827. The van der Waals surface area contributed by atoms with E-state index in [2.05, 4.69) is 30.6 Å². The highest BCUT2D eigenvalue weighted by Gasteiger charge is 2.29. The predicted molar refractivity (Wildman–Crippen MR) is 79.2 cm³/mol. The van der Waals surface area contributed by atoms with E-state index in [4.69, 9.17) is 10.5 Å². The molecule has 4 nitrogen and oxygen atoms in total. The second-order valence-corrected chi connectivity index (χ2v) is 6.60. The van der Waals surface area contributed by atoms with Crippen LogP contribution < -0.4 is 5.73 Å². The lowest BCUT2D eigenvalue weighted by molar-refractivity contribution is -0.0577. The summed E-state index contributed by atoms with van der Waals surface area (Å²) in [6, 6.07) is 0.633. The Kier molecular flexibility index (Phi) is 5.63. The standard InChI is InChI=1S/C15H31N3O/c1-12(2)18-6-7-19-15(11-18)10-17-5-4-14(8-16)13(3)9-17/h12-15H,4-11,16H2,1-3H3. The van der Waals surface area contributed by atoms with Crippen LogP contribution in [0.15, 0.2) is 0 Å². The van der Waals surface area contributed by atoms with Crippen molar-refractivity contribution >= 4 is 0 Å². The smallest absolute Gasteiger partial charge is 0.0829 e. The van der Waals surface area contributed by atoms with Crippen molar-refractivity contribution in [2.75, 3.05) is 45.9 Å². The minimum absolute atomic E-state index is 0.387. The summed E-state index contributed by atoms with van der Waals surface area (Å²) in [6.45, 7) is 14.2. The maximum absolute atomic E-state index is 5.94. The van der Waals surface area contributed by atoms with Crippen LogP contribution >= 0.6 is 0 Å². The maximum Gasteiger partial charge on any atom is 0.0829 e. The lowest BCUT2D eigenvalue weighted by atomic mass is 9.87. The third-order valence-corrected chi connectivity index (χ3v) is 4.83. The first-order chi connectivity index (χ1) is 9.10. The highest BCUT2D eigenvalue weighted by Crippen LogP contribution is 2.23. The van der Waals surface area contributed by atoms with Gasteiger partial charge in [-0.3, -0.25) is 4.90 Å². The van der Waals surface area contributed by atoms with E-state index in [-0.39, 0.29) is 0 Å². The Hall–Kier alpha value is -0.160. The molecule has 4 heteroatoms. The van der Waals surface area contributed by atoms with Crippen molar-refractivity contribution in [3.63, 3.8) is 0 Å². The number of rotatable bonds is 4. The molecule has 0 aromatic rings. The Morgan fingerprint density at radius 3 is 2.68 bits per heavy atom. The van der Waals surface area contributed by atoms with Crippen LogP contribution in [0.1, 0.15) is 27.2 Å². The van der Waals surface area contributed by atoms with E-state index in [9.17, 15) is 0 Å². The molecule has 2 fully saturated rings. The van der Waals surface area contributed by atoms with Gasteiger partial charge in [0, 0.05) is 32.2 Å². The van der Waals surface area contributed by atoms with Crippen LogP contribution in [0.3, 0.4) is 0 Å². The van der Waals surface area contributed by atoms with Gasteiger partial charge >= 0.3 is 0 Å². The number of hydrogen-bond donors (Lipinski definition) is 1. The molecule has 2 saturated heterocycles. The zero-order valence-corrected chi connectivity index (χ0v) is 12.8. The van der Waals surface area contributed by atoms with Crippen LogP contribution in [0, 0.1) is 11.8 Å². The van der Waals surface area contributed by atoms with Crippen LogP contribution in [0.4, 0.5) is 0 Å². The molecule has 3 atom stereocenters. The number of piperidine rings is 1. The van der Waals surface area contributed by atoms with E-state index in [1.807, 2.05) is 0 Å². The molecule has 0 saturated carbocycles. The molecule has 2 heterocycles. The molecule has 0 aromatic carbocycles. The van der Waals surface area contributed by atoms with Gasteiger partial charge in [0.15, 0.2) is 0 Å². The monoisotopic (exact) mass is 269 g/mol. The fourth-order valence-electron chi connectivity index (χ4n) is 3.41. The highest BCUT2D eigenvalue weighted by atomic mass is 16.5. The van der Waals surface area contributed by atoms with Gasteiger partial charge in [0.05, 0.1) is 12.7 Å². The predicted octanol–water partition coefficient (Wildman–Crippen LogP) is 1.01. The second kappa shape index (κ2) is 7.02. The lowest BCUT2D eigenvalue weighted by Gasteiger charge is -2.41. The number of likely N-dealkylation sites (tertiary alicyclic amines) is 1. The Balaban J connectivity index is 1.78. The van der Waals surface area contributed by atoms with E-state index in [1.165, 1.54) is 19.5 Å². The third-order valence-electron chi connectivity index (χ3n) is 4.83. The van der Waals surface area contributed by atoms with Gasteiger partial charge in [-0.05, 0) is 45.2 Å². The minimum atomic E-state index is 0.387. The first-order valence-electron chi connectivity index (χ1n) is 7.88. The summed E-state index contributed by atoms with van der Waals surface area (Å²) < 4.78 is 5.94. The van der Waals surface area contributed by atoms with Crippen LogP contribution in [0.25, 0.3) is 0 Å². The van der Waals surface area contributed by atoms with Crippen molar-refractivity contribution in [2.24, 2.45) is 17.6 Å². The molecule has 2 aliphatic rings. The summed E-state index contributed by atoms with van der Waals surface area (Å²) in [7, 11) is 0. The normalized spacial score (nSPS) is 34.9. The van der Waals surface area contributed by atoms with Gasteiger partial charge in [0.2, 0.25) is 0 Å². The lowest BCUT2D eigenvalue weighted by Crippen LogP contribution is -2.52. The number of hydrogen-bond acceptors (Lipinski definition) is 4. The maximum atomic E-state index is 5.94. The van der Waals surface area contributed by atoms with Gasteiger partial charge in [0.25, 0.3) is 0 Å². The summed E-state index contributed by atoms with van der Waals surface area (Å²) in [4.78, 5) is 5.11. The molecule has 0 aromatic heterocycles. The van der Waals surface area contributed by atoms with Gasteiger partial charge in [-0.2, -0.15) is 0 Å². The fourth-order valence-corrected chi connectivity index (χ4v) is 3.41. The summed E-state index contributed by atoms with van der Waals surface area (Å²) in [5, 5.41) is 0. The largest absolute Gasteiger partial charge is 0.374 e. The Labute approximate surface area is 118 Å². The van der Waals surface area contributed by atoms with Crippen molar-refractivity contribution < 1.29 is 4.74 Å². The summed E-state index contributed by atoms with van der Waals surface area (Å²) in [5.74, 6) is 1.44. The van der Waals surface area contributed by atoms with Crippen molar-refractivity contribution in [3.8, 4) is 0 Å². The van der Waals surface area contributed by atoms with Crippen molar-refractivity contribution in [1.29, 1.82) is 0 Å². The summed E-state index contributed by atoms with van der Waals surface area (Å²) in [6.07, 6.45) is 1.64. The molecule has 2 aliphatic heterocycles. The number of ether oxygens (including phenoxy) is 1. The van der Waals surface area contributed by atoms with Gasteiger partial charge in [0.1, 0.15) is 0 Å². The van der Waals surface area contributed by atoms with Crippen LogP contribution in [-0.2, 0) is 4.74 Å². The molecule has 2 N–H and O–H groups in total. The van der Waals surface area contributed by atoms with Gasteiger partial charge in [-0.15, -0.1) is 0 Å². The Morgan fingerprint density at radius 1 is 1.26 bits per heavy atom. The zero-order chi connectivity index (χ0) is 13.8. The van der Waals surface area contributed by atoms with E-state index in [1.54, 1.807) is 0 Å². The molecular weight excluding hydrogens is 238 g/mol. The van der Waals surface area contributed by atoms with Crippen LogP contribution in [0.2, 0.25) is 0 Å². The molecule has 0 amide bonds. The summed E-state index contributed by atoms with van der Waals surface area (Å²) >= 11 is 0. The first kappa shape index (κ1) is 15.2. The number of nitrogens with zero attached hydrogens (tertiary/aromatic N) is 2. The molecule has 3 unspecified atom stereocenters. The average molecular weight is 269 g/mol. The summed E-state index contributed by atoms with van der Waals surface area (Å²) in [5.41, 5.74) is 5.82. The molecule has 19 heavy (non-hydrogen) atoms. The van der Waals surface area contributed by atoms with Gasteiger partial charge < -0.3 is 15.4 Å². The van der Waals surface area contributed by atoms with Crippen molar-refractivity contribution in [1.82, 2.24) is 9.80 Å². The van der Waals surface area contributed by atoms with E-state index in [0.717, 1.165) is 44.6 Å². The molecule has 0 aliphatic carbocycles. The third kappa shape index (κ3) is 4.15. The van der Waals surface area contributed by atoms with E-state index < -0.39 is 0 Å². The molecule has 0 spiro atoms. The second-order valence-electron chi connectivity index (χ2n) is 6.60. The highest BCUT2D eigenvalue weighted by molar-refractivity contribution is 4.82. The van der Waals surface area contributed by atoms with Gasteiger partial charge in [-0.1, -0.05) is 6.92 Å². The molecule has 112 valence electrons. The first-order valence-corrected chi connectivity index (χ1v) is 7.88. The molecule has 0 bridgehead atoms. The number of nitrogens with two attached hydrogens (primary N) is 1. The Bertz CT molecular complexity index is 272. The van der Waals surface area contributed by atoms with Crippen molar-refractivity contribution in [3.05, 3.63) is 0 Å².